The molecule has 1 nitrogen and oxygen atoms in total. The van der Waals surface area contributed by atoms with E-state index in [4.69, 9.17) is 34.8 Å². The smallest absolute Gasteiger partial charge is 0.252 e. The first kappa shape index (κ1) is 13.3. The summed E-state index contributed by atoms with van der Waals surface area (Å²) in [5, 5.41) is 0.135. The molecule has 92 valence electrons. The van der Waals surface area contributed by atoms with Crippen molar-refractivity contribution in [2.24, 2.45) is 0 Å². The van der Waals surface area contributed by atoms with E-state index in [2.05, 4.69) is 0 Å². The first-order valence-electron chi connectivity index (χ1n) is 4.93. The fourth-order valence-electron chi connectivity index (χ4n) is 1.58. The Hall–Kier alpha value is -1.09. The summed E-state index contributed by atoms with van der Waals surface area (Å²) in [5.41, 5.74) is 1.14. The SMILES string of the molecule is O=C(Cl)c1cc(F)cc(-c2ccc(Cl)cc2Cl)c1. The molecule has 0 radical (unpaired) electrons. The lowest BCUT2D eigenvalue weighted by molar-refractivity contribution is 0.108. The molecule has 0 aromatic heterocycles. The Morgan fingerprint density at radius 1 is 1.06 bits per heavy atom. The first-order chi connectivity index (χ1) is 8.47. The molecule has 0 amide bonds. The van der Waals surface area contributed by atoms with E-state index in [-0.39, 0.29) is 5.56 Å². The van der Waals surface area contributed by atoms with Crippen LogP contribution in [0.4, 0.5) is 4.39 Å². The van der Waals surface area contributed by atoms with E-state index in [9.17, 15) is 9.18 Å². The zero-order chi connectivity index (χ0) is 13.3. The fraction of sp³-hybridized carbons (Fsp3) is 0. The Balaban J connectivity index is 2.60. The number of hydrogen-bond acceptors (Lipinski definition) is 1. The van der Waals surface area contributed by atoms with Crippen molar-refractivity contribution < 1.29 is 9.18 Å². The van der Waals surface area contributed by atoms with Crippen molar-refractivity contribution in [3.05, 3.63) is 57.8 Å². The van der Waals surface area contributed by atoms with Crippen LogP contribution >= 0.6 is 34.8 Å². The van der Waals surface area contributed by atoms with E-state index in [0.717, 1.165) is 6.07 Å². The average Bonchev–Trinajstić information content (AvgIpc) is 2.27. The Morgan fingerprint density at radius 3 is 2.39 bits per heavy atom. The van der Waals surface area contributed by atoms with Crippen LogP contribution in [0.25, 0.3) is 11.1 Å². The number of benzene rings is 2. The Bertz CT molecular complexity index is 626. The van der Waals surface area contributed by atoms with Crippen molar-refractivity contribution in [3.8, 4) is 11.1 Å². The van der Waals surface area contributed by atoms with Gasteiger partial charge in [-0.05, 0) is 47.5 Å². The molecule has 0 unspecified atom stereocenters. The molecule has 2 aromatic carbocycles. The van der Waals surface area contributed by atoms with Crippen LogP contribution in [0, 0.1) is 5.82 Å². The topological polar surface area (TPSA) is 17.1 Å². The molecule has 18 heavy (non-hydrogen) atoms. The van der Waals surface area contributed by atoms with Gasteiger partial charge in [-0.15, -0.1) is 0 Å². The summed E-state index contributed by atoms with van der Waals surface area (Å²) in [5.74, 6) is -0.553. The van der Waals surface area contributed by atoms with Crippen LogP contribution in [-0.2, 0) is 0 Å². The molecule has 0 N–H and O–H groups in total. The molecule has 0 aliphatic heterocycles. The van der Waals surface area contributed by atoms with E-state index in [1.807, 2.05) is 0 Å². The normalized spacial score (nSPS) is 10.4. The third kappa shape index (κ3) is 2.83. The zero-order valence-electron chi connectivity index (χ0n) is 8.88. The van der Waals surface area contributed by atoms with Gasteiger partial charge < -0.3 is 0 Å². The number of halogens is 4. The molecular formula is C13H6Cl3FO. The molecule has 5 heteroatoms. The highest BCUT2D eigenvalue weighted by Gasteiger charge is 2.10. The molecule has 0 atom stereocenters. The Morgan fingerprint density at radius 2 is 1.78 bits per heavy atom. The number of carbonyl (C=O) groups excluding carboxylic acids is 1. The maximum Gasteiger partial charge on any atom is 0.252 e. The Kier molecular flexibility index (Phi) is 3.91. The Labute approximate surface area is 118 Å². The lowest BCUT2D eigenvalue weighted by Gasteiger charge is -2.06. The van der Waals surface area contributed by atoms with Crippen LogP contribution in [0.15, 0.2) is 36.4 Å². The van der Waals surface area contributed by atoms with Crippen LogP contribution in [0.5, 0.6) is 0 Å². The van der Waals surface area contributed by atoms with Crippen molar-refractivity contribution in [2.45, 2.75) is 0 Å². The molecule has 0 saturated carbocycles. The lowest BCUT2D eigenvalue weighted by Crippen LogP contribution is -1.92. The minimum absolute atomic E-state index is 0.0812. The molecule has 0 saturated heterocycles. The molecule has 0 aliphatic rings. The van der Waals surface area contributed by atoms with Gasteiger partial charge >= 0.3 is 0 Å². The fourth-order valence-corrected chi connectivity index (χ4v) is 2.21. The summed E-state index contributed by atoms with van der Waals surface area (Å²) in [7, 11) is 0. The predicted molar refractivity (Wildman–Crippen MR) is 72.0 cm³/mol. The second kappa shape index (κ2) is 5.27. The molecule has 2 rings (SSSR count). The minimum atomic E-state index is -0.721. The van der Waals surface area contributed by atoms with Crippen LogP contribution in [0.1, 0.15) is 10.4 Å². The van der Waals surface area contributed by atoms with Crippen molar-refractivity contribution in [2.75, 3.05) is 0 Å². The molecule has 0 bridgehead atoms. The minimum Gasteiger partial charge on any atom is -0.276 e. The second-order valence-corrected chi connectivity index (χ2v) is 4.81. The number of hydrogen-bond donors (Lipinski definition) is 0. The summed E-state index contributed by atoms with van der Waals surface area (Å²) >= 11 is 17.1. The molecular weight excluding hydrogens is 297 g/mol. The van der Waals surface area contributed by atoms with E-state index >= 15 is 0 Å². The van der Waals surface area contributed by atoms with E-state index < -0.39 is 11.1 Å². The van der Waals surface area contributed by atoms with Crippen molar-refractivity contribution in [1.82, 2.24) is 0 Å². The molecule has 0 spiro atoms. The van der Waals surface area contributed by atoms with Gasteiger partial charge in [0.05, 0.1) is 0 Å². The third-order valence-electron chi connectivity index (χ3n) is 2.37. The largest absolute Gasteiger partial charge is 0.276 e. The molecule has 0 fully saturated rings. The van der Waals surface area contributed by atoms with Gasteiger partial charge in [0, 0.05) is 21.2 Å². The summed E-state index contributed by atoms with van der Waals surface area (Å²) in [6, 6.07) is 8.66. The average molecular weight is 304 g/mol. The molecule has 2 aromatic rings. The number of carbonyl (C=O) groups is 1. The van der Waals surface area contributed by atoms with Crippen LogP contribution in [0.2, 0.25) is 10.0 Å². The third-order valence-corrected chi connectivity index (χ3v) is 3.13. The van der Waals surface area contributed by atoms with Crippen molar-refractivity contribution in [3.63, 3.8) is 0 Å². The molecule has 0 heterocycles. The quantitative estimate of drug-likeness (QED) is 0.699. The highest BCUT2D eigenvalue weighted by Crippen LogP contribution is 2.31. The van der Waals surface area contributed by atoms with E-state index in [1.54, 1.807) is 18.2 Å². The van der Waals surface area contributed by atoms with Gasteiger partial charge in [0.15, 0.2) is 0 Å². The van der Waals surface area contributed by atoms with E-state index in [0.29, 0.717) is 21.2 Å². The van der Waals surface area contributed by atoms with Gasteiger partial charge in [-0.2, -0.15) is 0 Å². The van der Waals surface area contributed by atoms with E-state index in [1.165, 1.54) is 12.1 Å². The number of rotatable bonds is 2. The summed E-state index contributed by atoms with van der Waals surface area (Å²) in [4.78, 5) is 11.1. The van der Waals surface area contributed by atoms with Gasteiger partial charge in [0.25, 0.3) is 5.24 Å². The van der Waals surface area contributed by atoms with Gasteiger partial charge in [-0.25, -0.2) is 4.39 Å². The van der Waals surface area contributed by atoms with Crippen LogP contribution in [0.3, 0.4) is 0 Å². The van der Waals surface area contributed by atoms with Gasteiger partial charge in [-0.1, -0.05) is 29.3 Å². The van der Waals surface area contributed by atoms with Gasteiger partial charge in [0.1, 0.15) is 5.82 Å². The lowest BCUT2D eigenvalue weighted by atomic mass is 10.0. The summed E-state index contributed by atoms with van der Waals surface area (Å²) < 4.78 is 13.4. The van der Waals surface area contributed by atoms with Crippen LogP contribution in [-0.4, -0.2) is 5.24 Å². The van der Waals surface area contributed by atoms with Gasteiger partial charge in [-0.3, -0.25) is 4.79 Å². The summed E-state index contributed by atoms with van der Waals surface area (Å²) in [6.07, 6.45) is 0. The second-order valence-electron chi connectivity index (χ2n) is 3.63. The molecule has 0 aliphatic carbocycles. The van der Waals surface area contributed by atoms with Crippen LogP contribution < -0.4 is 0 Å². The standard InChI is InChI=1S/C13H6Cl3FO/c14-9-1-2-11(12(15)6-9)7-3-8(13(16)18)5-10(17)4-7/h1-6H. The highest BCUT2D eigenvalue weighted by molar-refractivity contribution is 6.67. The highest BCUT2D eigenvalue weighted by atomic mass is 35.5. The van der Waals surface area contributed by atoms with Crippen molar-refractivity contribution >= 4 is 40.0 Å². The first-order valence-corrected chi connectivity index (χ1v) is 6.06. The maximum atomic E-state index is 13.4. The summed E-state index contributed by atoms with van der Waals surface area (Å²) in [6.45, 7) is 0. The monoisotopic (exact) mass is 302 g/mol. The zero-order valence-corrected chi connectivity index (χ0v) is 11.2. The predicted octanol–water partition coefficient (Wildman–Crippen LogP) is 5.18. The van der Waals surface area contributed by atoms with Gasteiger partial charge in [0.2, 0.25) is 0 Å². The van der Waals surface area contributed by atoms with Crippen molar-refractivity contribution in [1.29, 1.82) is 0 Å². The maximum absolute atomic E-state index is 13.4.